The van der Waals surface area contributed by atoms with E-state index < -0.39 is 28.3 Å². The molecule has 0 aliphatic carbocycles. The molecule has 0 aromatic rings. The average Bonchev–Trinajstić information content (AvgIpc) is 2.38. The van der Waals surface area contributed by atoms with Crippen LogP contribution in [0.5, 0.6) is 0 Å². The summed E-state index contributed by atoms with van der Waals surface area (Å²) in [6.45, 7) is 1.84. The van der Waals surface area contributed by atoms with Crippen LogP contribution in [-0.2, 0) is 15.0 Å². The lowest BCUT2D eigenvalue weighted by molar-refractivity contribution is -0.142. The number of rotatable bonds is 5. The molecule has 1 fully saturated rings. The van der Waals surface area contributed by atoms with E-state index in [2.05, 4.69) is 0 Å². The van der Waals surface area contributed by atoms with Crippen LogP contribution in [0.3, 0.4) is 0 Å². The standard InChI is InChI=1S/C11H19N3O4S/c1-9(6-7-12)13(2)19(17,18)14-8-4-3-5-10(14)11(15)16/h9-10H,3-6,8H2,1-2H3,(H,15,16). The minimum Gasteiger partial charge on any atom is -0.480 e. The molecule has 0 amide bonds. The van der Waals surface area contributed by atoms with Gasteiger partial charge in [-0.15, -0.1) is 0 Å². The molecule has 1 aliphatic rings. The van der Waals surface area contributed by atoms with Crippen LogP contribution in [0.1, 0.15) is 32.6 Å². The van der Waals surface area contributed by atoms with Gasteiger partial charge in [0.25, 0.3) is 10.2 Å². The summed E-state index contributed by atoms with van der Waals surface area (Å²) in [7, 11) is -2.46. The van der Waals surface area contributed by atoms with Gasteiger partial charge in [0.2, 0.25) is 0 Å². The molecule has 1 saturated heterocycles. The summed E-state index contributed by atoms with van der Waals surface area (Å²) in [6, 6.07) is 0.432. The van der Waals surface area contributed by atoms with Crippen molar-refractivity contribution >= 4 is 16.2 Å². The highest BCUT2D eigenvalue weighted by Crippen LogP contribution is 2.23. The van der Waals surface area contributed by atoms with Crippen molar-refractivity contribution in [2.24, 2.45) is 0 Å². The molecule has 0 spiro atoms. The highest BCUT2D eigenvalue weighted by Gasteiger charge is 2.39. The number of carbonyl (C=O) groups is 1. The molecule has 1 rings (SSSR count). The predicted octanol–water partition coefficient (Wildman–Crippen LogP) is 0.404. The van der Waals surface area contributed by atoms with Crippen molar-refractivity contribution in [3.05, 3.63) is 0 Å². The molecular weight excluding hydrogens is 270 g/mol. The van der Waals surface area contributed by atoms with Gasteiger partial charge < -0.3 is 5.11 Å². The van der Waals surface area contributed by atoms with Crippen LogP contribution in [0.2, 0.25) is 0 Å². The van der Waals surface area contributed by atoms with Crippen LogP contribution in [-0.4, -0.2) is 53.8 Å². The van der Waals surface area contributed by atoms with Gasteiger partial charge in [-0.3, -0.25) is 4.79 Å². The molecular formula is C11H19N3O4S. The Hall–Kier alpha value is -1.17. The highest BCUT2D eigenvalue weighted by molar-refractivity contribution is 7.86. The van der Waals surface area contributed by atoms with Gasteiger partial charge in [-0.2, -0.15) is 22.3 Å². The molecule has 0 bridgehead atoms. The first kappa shape index (κ1) is 15.9. The largest absolute Gasteiger partial charge is 0.480 e. The van der Waals surface area contributed by atoms with Crippen LogP contribution in [0, 0.1) is 11.3 Å². The fourth-order valence-electron chi connectivity index (χ4n) is 2.08. The Morgan fingerprint density at radius 2 is 2.21 bits per heavy atom. The van der Waals surface area contributed by atoms with Gasteiger partial charge in [-0.1, -0.05) is 0 Å². The maximum Gasteiger partial charge on any atom is 0.322 e. The zero-order valence-corrected chi connectivity index (χ0v) is 11.9. The minimum absolute atomic E-state index is 0.0707. The van der Waals surface area contributed by atoms with Crippen LogP contribution >= 0.6 is 0 Å². The fourth-order valence-corrected chi connectivity index (χ4v) is 3.82. The van der Waals surface area contributed by atoms with Gasteiger partial charge in [-0.25, -0.2) is 0 Å². The molecule has 1 N–H and O–H groups in total. The second kappa shape index (κ2) is 6.32. The summed E-state index contributed by atoms with van der Waals surface area (Å²) in [4.78, 5) is 11.2. The second-order valence-electron chi connectivity index (χ2n) is 4.70. The summed E-state index contributed by atoms with van der Waals surface area (Å²) in [6.07, 6.45) is 1.76. The lowest BCUT2D eigenvalue weighted by Gasteiger charge is -2.36. The smallest absolute Gasteiger partial charge is 0.322 e. The number of carboxylic acid groups (broad SMARTS) is 1. The van der Waals surface area contributed by atoms with E-state index in [9.17, 15) is 13.2 Å². The number of aliphatic carboxylic acids is 1. The third-order valence-electron chi connectivity index (χ3n) is 3.41. The van der Waals surface area contributed by atoms with Crippen molar-refractivity contribution in [2.45, 2.75) is 44.7 Å². The van der Waals surface area contributed by atoms with Gasteiger partial charge >= 0.3 is 5.97 Å². The van der Waals surface area contributed by atoms with E-state index in [0.29, 0.717) is 19.3 Å². The van der Waals surface area contributed by atoms with E-state index in [1.807, 2.05) is 6.07 Å². The number of piperidine rings is 1. The zero-order valence-electron chi connectivity index (χ0n) is 11.1. The maximum atomic E-state index is 12.4. The minimum atomic E-state index is -3.84. The van der Waals surface area contributed by atoms with Crippen LogP contribution in [0.25, 0.3) is 0 Å². The molecule has 0 aromatic carbocycles. The van der Waals surface area contributed by atoms with Gasteiger partial charge in [0.05, 0.1) is 12.5 Å². The van der Waals surface area contributed by atoms with E-state index in [1.54, 1.807) is 6.92 Å². The Labute approximate surface area is 113 Å². The summed E-state index contributed by atoms with van der Waals surface area (Å²) < 4.78 is 26.9. The van der Waals surface area contributed by atoms with Crippen molar-refractivity contribution < 1.29 is 18.3 Å². The number of carboxylic acids is 1. The van der Waals surface area contributed by atoms with Gasteiger partial charge in [0, 0.05) is 19.6 Å². The Kier molecular flexibility index (Phi) is 5.29. The van der Waals surface area contributed by atoms with Crippen molar-refractivity contribution in [3.8, 4) is 6.07 Å². The topological polar surface area (TPSA) is 102 Å². The lowest BCUT2D eigenvalue weighted by atomic mass is 10.1. The summed E-state index contributed by atoms with van der Waals surface area (Å²) in [5.74, 6) is -1.12. The van der Waals surface area contributed by atoms with Gasteiger partial charge in [0.15, 0.2) is 0 Å². The SMILES string of the molecule is CC(CC#N)N(C)S(=O)(=O)N1CCCCC1C(=O)O. The van der Waals surface area contributed by atoms with E-state index in [0.717, 1.165) is 8.61 Å². The zero-order chi connectivity index (χ0) is 14.6. The number of hydrogen-bond acceptors (Lipinski definition) is 4. The number of nitriles is 1. The molecule has 8 heteroatoms. The molecule has 1 aliphatic heterocycles. The van der Waals surface area contributed by atoms with Crippen molar-refractivity contribution in [3.63, 3.8) is 0 Å². The summed E-state index contributed by atoms with van der Waals surface area (Å²) in [5, 5.41) is 17.7. The first-order valence-corrected chi connectivity index (χ1v) is 7.56. The maximum absolute atomic E-state index is 12.4. The molecule has 108 valence electrons. The quantitative estimate of drug-likeness (QED) is 0.789. The Bertz CT molecular complexity index is 471. The molecule has 0 aromatic heterocycles. The Balaban J connectivity index is 2.97. The van der Waals surface area contributed by atoms with E-state index >= 15 is 0 Å². The summed E-state index contributed by atoms with van der Waals surface area (Å²) >= 11 is 0. The average molecular weight is 289 g/mol. The van der Waals surface area contributed by atoms with Crippen molar-refractivity contribution in [1.82, 2.24) is 8.61 Å². The Morgan fingerprint density at radius 3 is 2.74 bits per heavy atom. The van der Waals surface area contributed by atoms with Crippen LogP contribution in [0.15, 0.2) is 0 Å². The predicted molar refractivity (Wildman–Crippen MR) is 68.4 cm³/mol. The highest BCUT2D eigenvalue weighted by atomic mass is 32.2. The lowest BCUT2D eigenvalue weighted by Crippen LogP contribution is -2.54. The van der Waals surface area contributed by atoms with Crippen molar-refractivity contribution in [1.29, 1.82) is 5.26 Å². The van der Waals surface area contributed by atoms with Gasteiger partial charge in [-0.05, 0) is 26.2 Å². The van der Waals surface area contributed by atoms with E-state index in [1.165, 1.54) is 7.05 Å². The summed E-state index contributed by atoms with van der Waals surface area (Å²) in [5.41, 5.74) is 0. The van der Waals surface area contributed by atoms with Crippen LogP contribution < -0.4 is 0 Å². The first-order valence-electron chi connectivity index (χ1n) is 6.17. The normalized spacial score (nSPS) is 22.9. The fraction of sp³-hybridized carbons (Fsp3) is 0.818. The third-order valence-corrected chi connectivity index (χ3v) is 5.52. The van der Waals surface area contributed by atoms with E-state index in [-0.39, 0.29) is 13.0 Å². The molecule has 2 atom stereocenters. The molecule has 19 heavy (non-hydrogen) atoms. The Morgan fingerprint density at radius 1 is 1.58 bits per heavy atom. The third kappa shape index (κ3) is 3.43. The molecule has 7 nitrogen and oxygen atoms in total. The molecule has 0 saturated carbocycles. The van der Waals surface area contributed by atoms with Gasteiger partial charge in [0.1, 0.15) is 6.04 Å². The monoisotopic (exact) mass is 289 g/mol. The van der Waals surface area contributed by atoms with Crippen LogP contribution in [0.4, 0.5) is 0 Å². The molecule has 1 heterocycles. The second-order valence-corrected chi connectivity index (χ2v) is 6.64. The molecule has 2 unspecified atom stereocenters. The molecule has 0 radical (unpaired) electrons. The number of nitrogens with zero attached hydrogens (tertiary/aromatic N) is 3. The first-order chi connectivity index (χ1) is 8.82. The number of hydrogen-bond donors (Lipinski definition) is 1. The van der Waals surface area contributed by atoms with E-state index in [4.69, 9.17) is 10.4 Å². The van der Waals surface area contributed by atoms with Crippen molar-refractivity contribution in [2.75, 3.05) is 13.6 Å².